The average molecular weight is 265 g/mol. The molecule has 5 nitrogen and oxygen atoms in total. The maximum atomic E-state index is 12.0. The molecule has 0 spiro atoms. The second kappa shape index (κ2) is 6.17. The van der Waals surface area contributed by atoms with Crippen LogP contribution in [0.5, 0.6) is 0 Å². The second-order valence-electron chi connectivity index (χ2n) is 5.13. The van der Waals surface area contributed by atoms with Crippen LogP contribution in [-0.4, -0.2) is 27.3 Å². The summed E-state index contributed by atoms with van der Waals surface area (Å²) < 4.78 is 7.32. The highest BCUT2D eigenvalue weighted by Gasteiger charge is 2.30. The Balaban J connectivity index is 2.29. The molecular formula is C14H23N3O2. The smallest absolute Gasteiger partial charge is 0.316 e. The van der Waals surface area contributed by atoms with Crippen molar-refractivity contribution in [3.63, 3.8) is 0 Å². The molecule has 19 heavy (non-hydrogen) atoms. The van der Waals surface area contributed by atoms with E-state index in [1.165, 1.54) is 12.8 Å². The van der Waals surface area contributed by atoms with Crippen molar-refractivity contribution in [2.45, 2.75) is 64.8 Å². The van der Waals surface area contributed by atoms with Crippen LogP contribution < -0.4 is 0 Å². The van der Waals surface area contributed by atoms with Crippen molar-refractivity contribution >= 4 is 5.97 Å². The van der Waals surface area contributed by atoms with Crippen LogP contribution in [-0.2, 0) is 9.53 Å². The molecular weight excluding hydrogens is 242 g/mol. The van der Waals surface area contributed by atoms with Gasteiger partial charge in [-0.25, -0.2) is 0 Å². The van der Waals surface area contributed by atoms with Gasteiger partial charge in [0, 0.05) is 6.04 Å². The first kappa shape index (κ1) is 14.0. The van der Waals surface area contributed by atoms with Crippen LogP contribution in [0.4, 0.5) is 0 Å². The number of nitrogens with zero attached hydrogens (tertiary/aromatic N) is 3. The lowest BCUT2D eigenvalue weighted by molar-refractivity contribution is -0.145. The lowest BCUT2D eigenvalue weighted by Gasteiger charge is -2.19. The van der Waals surface area contributed by atoms with Crippen LogP contribution in [0, 0.1) is 6.92 Å². The van der Waals surface area contributed by atoms with E-state index in [1.54, 1.807) is 0 Å². The minimum Gasteiger partial charge on any atom is -0.465 e. The normalized spacial score (nSPS) is 17.6. The third-order valence-electron chi connectivity index (χ3n) is 3.87. The van der Waals surface area contributed by atoms with E-state index in [4.69, 9.17) is 4.74 Å². The minimum atomic E-state index is -0.290. The highest BCUT2D eigenvalue weighted by molar-refractivity contribution is 5.77. The molecule has 1 saturated carbocycles. The number of aryl methyl sites for hydroxylation is 1. The lowest BCUT2D eigenvalue weighted by Crippen LogP contribution is -2.21. The van der Waals surface area contributed by atoms with E-state index in [9.17, 15) is 4.79 Å². The summed E-state index contributed by atoms with van der Waals surface area (Å²) >= 11 is 0. The van der Waals surface area contributed by atoms with Crippen LogP contribution in [0.3, 0.4) is 0 Å². The number of aromatic nitrogens is 3. The highest BCUT2D eigenvalue weighted by atomic mass is 16.5. The second-order valence-corrected chi connectivity index (χ2v) is 5.13. The van der Waals surface area contributed by atoms with E-state index < -0.39 is 0 Å². The Hall–Kier alpha value is -1.39. The van der Waals surface area contributed by atoms with Crippen LogP contribution in [0.15, 0.2) is 0 Å². The van der Waals surface area contributed by atoms with Gasteiger partial charge in [0.25, 0.3) is 0 Å². The molecule has 0 aliphatic heterocycles. The van der Waals surface area contributed by atoms with Gasteiger partial charge in [-0.3, -0.25) is 4.79 Å². The Morgan fingerprint density at radius 1 is 1.37 bits per heavy atom. The standard InChI is InChI=1S/C14H23N3O2/c1-4-12(14(18)19-5-2)13-16-15-10(3)17(13)11-8-6-7-9-11/h11-12H,4-9H2,1-3H3. The third-order valence-corrected chi connectivity index (χ3v) is 3.87. The van der Waals surface area contributed by atoms with Crippen molar-refractivity contribution < 1.29 is 9.53 Å². The van der Waals surface area contributed by atoms with Gasteiger partial charge in [0.1, 0.15) is 17.6 Å². The molecule has 0 aromatic carbocycles. The molecule has 1 heterocycles. The fraction of sp³-hybridized carbons (Fsp3) is 0.786. The number of carbonyl (C=O) groups excluding carboxylic acids is 1. The van der Waals surface area contributed by atoms with Gasteiger partial charge < -0.3 is 9.30 Å². The van der Waals surface area contributed by atoms with E-state index in [1.807, 2.05) is 20.8 Å². The van der Waals surface area contributed by atoms with Gasteiger partial charge in [-0.2, -0.15) is 0 Å². The summed E-state index contributed by atoms with van der Waals surface area (Å²) in [5, 5.41) is 8.42. The van der Waals surface area contributed by atoms with Gasteiger partial charge in [-0.1, -0.05) is 19.8 Å². The van der Waals surface area contributed by atoms with Gasteiger partial charge in [-0.05, 0) is 33.1 Å². The van der Waals surface area contributed by atoms with Crippen molar-refractivity contribution in [1.82, 2.24) is 14.8 Å². The van der Waals surface area contributed by atoms with Gasteiger partial charge in [-0.15, -0.1) is 10.2 Å². The molecule has 0 bridgehead atoms. The van der Waals surface area contributed by atoms with E-state index in [0.717, 1.165) is 24.5 Å². The van der Waals surface area contributed by atoms with Crippen LogP contribution in [0.1, 0.15) is 69.6 Å². The number of ether oxygens (including phenoxy) is 1. The van der Waals surface area contributed by atoms with Crippen LogP contribution in [0.2, 0.25) is 0 Å². The van der Waals surface area contributed by atoms with Gasteiger partial charge in [0.15, 0.2) is 0 Å². The first-order valence-corrected chi connectivity index (χ1v) is 7.27. The first-order valence-electron chi connectivity index (χ1n) is 7.27. The molecule has 1 aliphatic rings. The summed E-state index contributed by atoms with van der Waals surface area (Å²) in [5.41, 5.74) is 0. The largest absolute Gasteiger partial charge is 0.465 e. The van der Waals surface area contributed by atoms with Crippen molar-refractivity contribution in [1.29, 1.82) is 0 Å². The topological polar surface area (TPSA) is 57.0 Å². The van der Waals surface area contributed by atoms with Crippen LogP contribution >= 0.6 is 0 Å². The molecule has 1 aromatic heterocycles. The summed E-state index contributed by atoms with van der Waals surface area (Å²) in [6.07, 6.45) is 5.51. The number of carbonyl (C=O) groups is 1. The molecule has 1 fully saturated rings. The number of rotatable bonds is 5. The van der Waals surface area contributed by atoms with E-state index in [2.05, 4.69) is 14.8 Å². The molecule has 1 aliphatic carbocycles. The van der Waals surface area contributed by atoms with E-state index in [-0.39, 0.29) is 11.9 Å². The first-order chi connectivity index (χ1) is 9.19. The molecule has 1 aromatic rings. The van der Waals surface area contributed by atoms with Crippen molar-refractivity contribution in [2.75, 3.05) is 6.61 Å². The lowest BCUT2D eigenvalue weighted by atomic mass is 10.1. The Labute approximate surface area is 114 Å². The fourth-order valence-electron chi connectivity index (χ4n) is 2.93. The molecule has 1 unspecified atom stereocenters. The minimum absolute atomic E-state index is 0.184. The Kier molecular flexibility index (Phi) is 4.56. The predicted octanol–water partition coefficient (Wildman–Crippen LogP) is 2.76. The number of hydrogen-bond donors (Lipinski definition) is 0. The van der Waals surface area contributed by atoms with Crippen molar-refractivity contribution in [3.05, 3.63) is 11.6 Å². The maximum Gasteiger partial charge on any atom is 0.316 e. The fourth-order valence-corrected chi connectivity index (χ4v) is 2.93. The summed E-state index contributed by atoms with van der Waals surface area (Å²) in [5.74, 6) is 1.22. The zero-order valence-corrected chi connectivity index (χ0v) is 12.1. The quantitative estimate of drug-likeness (QED) is 0.768. The van der Waals surface area contributed by atoms with E-state index >= 15 is 0 Å². The summed E-state index contributed by atoms with van der Waals surface area (Å²) in [6.45, 7) is 6.20. The Bertz CT molecular complexity index is 436. The molecule has 0 saturated heterocycles. The molecule has 0 amide bonds. The molecule has 2 rings (SSSR count). The zero-order valence-electron chi connectivity index (χ0n) is 12.1. The summed E-state index contributed by atoms with van der Waals surface area (Å²) in [6, 6.07) is 0.452. The van der Waals surface area contributed by atoms with Gasteiger partial charge in [0.05, 0.1) is 6.61 Å². The zero-order chi connectivity index (χ0) is 13.8. The Morgan fingerprint density at radius 3 is 2.63 bits per heavy atom. The molecule has 1 atom stereocenters. The SMILES string of the molecule is CCOC(=O)C(CC)c1nnc(C)n1C1CCCC1. The Morgan fingerprint density at radius 2 is 2.05 bits per heavy atom. The van der Waals surface area contributed by atoms with Crippen molar-refractivity contribution in [3.8, 4) is 0 Å². The molecule has 106 valence electrons. The van der Waals surface area contributed by atoms with E-state index in [0.29, 0.717) is 19.1 Å². The van der Waals surface area contributed by atoms with Crippen molar-refractivity contribution in [2.24, 2.45) is 0 Å². The summed E-state index contributed by atoms with van der Waals surface area (Å²) in [4.78, 5) is 12.0. The highest BCUT2D eigenvalue weighted by Crippen LogP contribution is 2.33. The average Bonchev–Trinajstić information content (AvgIpc) is 3.00. The number of hydrogen-bond acceptors (Lipinski definition) is 4. The summed E-state index contributed by atoms with van der Waals surface area (Å²) in [7, 11) is 0. The monoisotopic (exact) mass is 265 g/mol. The third kappa shape index (κ3) is 2.80. The van der Waals surface area contributed by atoms with Crippen LogP contribution in [0.25, 0.3) is 0 Å². The number of esters is 1. The van der Waals surface area contributed by atoms with Gasteiger partial charge >= 0.3 is 5.97 Å². The molecule has 0 radical (unpaired) electrons. The molecule has 5 heteroatoms. The maximum absolute atomic E-state index is 12.0. The molecule has 0 N–H and O–H groups in total. The predicted molar refractivity (Wildman–Crippen MR) is 71.9 cm³/mol. The van der Waals surface area contributed by atoms with Gasteiger partial charge in [0.2, 0.25) is 0 Å².